The van der Waals surface area contributed by atoms with Crippen molar-refractivity contribution in [3.8, 4) is 22.5 Å². The van der Waals surface area contributed by atoms with E-state index in [0.717, 1.165) is 62.3 Å². The number of amides is 3. The number of hydrogen-bond donors (Lipinski definition) is 5. The Balaban J connectivity index is 1.11. The average molecular weight is 722 g/mol. The molecule has 5 N–H and O–H groups in total. The molecule has 2 heterocycles. The molecule has 13 heteroatoms. The number of tetrazole rings is 1. The molecule has 0 bridgehead atoms. The van der Waals surface area contributed by atoms with E-state index in [2.05, 4.69) is 83.2 Å². The van der Waals surface area contributed by atoms with E-state index in [1.807, 2.05) is 45.0 Å². The zero-order valence-corrected chi connectivity index (χ0v) is 30.9. The van der Waals surface area contributed by atoms with Crippen LogP contribution in [-0.4, -0.2) is 87.8 Å². The third kappa shape index (κ3) is 10.9. The third-order valence-corrected chi connectivity index (χ3v) is 9.87. The lowest BCUT2D eigenvalue weighted by molar-refractivity contribution is -0.130. The summed E-state index contributed by atoms with van der Waals surface area (Å²) in [4.78, 5) is 42.1. The van der Waals surface area contributed by atoms with E-state index >= 15 is 0 Å². The van der Waals surface area contributed by atoms with Gasteiger partial charge in [0.05, 0.1) is 0 Å². The van der Waals surface area contributed by atoms with Crippen LogP contribution in [-0.2, 0) is 27.3 Å². The summed E-state index contributed by atoms with van der Waals surface area (Å²) in [6.07, 6.45) is 2.87. The van der Waals surface area contributed by atoms with Crippen LogP contribution >= 0.6 is 0 Å². The van der Waals surface area contributed by atoms with Gasteiger partial charge in [-0.2, -0.15) is 5.21 Å². The Kier molecular flexibility index (Phi) is 12.5. The van der Waals surface area contributed by atoms with Crippen molar-refractivity contribution in [3.05, 3.63) is 83.9 Å². The number of alkyl carbamates (subject to hydrolysis) is 1. The molecule has 2 aliphatic rings. The van der Waals surface area contributed by atoms with Gasteiger partial charge in [-0.05, 0) is 104 Å². The standard InChI is InChI=1S/C40H51N9O4/c1-40(2,3)53-39(52)42-25-28-10-14-31(15-11-28)37(50)44-35(38(51)43-33-18-16-30(17-19-33)36-45-47-48-46-36)24-27-8-12-29(13-9-27)34-7-5-4-6-32(34)26-49-22-20-41-21-23-49/h4-9,12-13,16-19,28,31,35,41H,10-11,14-15,20-26H2,1-3H3,(H,42,52)(H,43,51)(H,44,50)(H,45,46,47,48)/t28?,31?,35-/m0/s1. The number of benzene rings is 3. The molecule has 1 atom stereocenters. The monoisotopic (exact) mass is 721 g/mol. The summed E-state index contributed by atoms with van der Waals surface area (Å²) in [5.74, 6) is 0.0765. The van der Waals surface area contributed by atoms with Crippen LogP contribution in [0.5, 0.6) is 0 Å². The molecule has 1 aliphatic carbocycles. The summed E-state index contributed by atoms with van der Waals surface area (Å²) in [7, 11) is 0. The second-order valence-electron chi connectivity index (χ2n) is 15.0. The number of anilines is 1. The van der Waals surface area contributed by atoms with Gasteiger partial charge in [-0.15, -0.1) is 10.2 Å². The number of aromatic amines is 1. The Labute approximate surface area is 311 Å². The summed E-state index contributed by atoms with van der Waals surface area (Å²) in [5, 5.41) is 26.5. The van der Waals surface area contributed by atoms with Gasteiger partial charge in [0.25, 0.3) is 0 Å². The quantitative estimate of drug-likeness (QED) is 0.136. The molecule has 3 amide bonds. The lowest BCUT2D eigenvalue weighted by Crippen LogP contribution is -2.48. The summed E-state index contributed by atoms with van der Waals surface area (Å²) < 4.78 is 5.37. The molecule has 0 spiro atoms. The largest absolute Gasteiger partial charge is 0.444 e. The number of carbonyl (C=O) groups is 3. The van der Waals surface area contributed by atoms with Crippen molar-refractivity contribution < 1.29 is 19.1 Å². The van der Waals surface area contributed by atoms with E-state index < -0.39 is 17.7 Å². The molecule has 0 radical (unpaired) electrons. The predicted molar refractivity (Wildman–Crippen MR) is 204 cm³/mol. The Bertz CT molecular complexity index is 1790. The Morgan fingerprint density at radius 3 is 2.28 bits per heavy atom. The van der Waals surface area contributed by atoms with Gasteiger partial charge >= 0.3 is 6.09 Å². The van der Waals surface area contributed by atoms with Gasteiger partial charge in [0.15, 0.2) is 0 Å². The van der Waals surface area contributed by atoms with Crippen molar-refractivity contribution in [2.45, 2.75) is 71.1 Å². The highest BCUT2D eigenvalue weighted by atomic mass is 16.6. The molecule has 13 nitrogen and oxygen atoms in total. The fraction of sp³-hybridized carbons (Fsp3) is 0.450. The van der Waals surface area contributed by atoms with E-state index in [-0.39, 0.29) is 23.7 Å². The van der Waals surface area contributed by atoms with Gasteiger partial charge < -0.3 is 26.0 Å². The fourth-order valence-corrected chi connectivity index (χ4v) is 6.99. The van der Waals surface area contributed by atoms with E-state index in [4.69, 9.17) is 4.74 Å². The molecule has 1 saturated heterocycles. The Morgan fingerprint density at radius 2 is 1.60 bits per heavy atom. The maximum Gasteiger partial charge on any atom is 0.407 e. The number of nitrogens with zero attached hydrogens (tertiary/aromatic N) is 4. The minimum atomic E-state index is -0.795. The Morgan fingerprint density at radius 1 is 0.906 bits per heavy atom. The van der Waals surface area contributed by atoms with Crippen LogP contribution < -0.4 is 21.3 Å². The lowest BCUT2D eigenvalue weighted by atomic mass is 9.81. The summed E-state index contributed by atoms with van der Waals surface area (Å²) in [6, 6.07) is 23.2. The molecule has 1 saturated carbocycles. The second kappa shape index (κ2) is 17.6. The van der Waals surface area contributed by atoms with Crippen molar-refractivity contribution in [2.24, 2.45) is 11.8 Å². The number of hydrogen-bond acceptors (Lipinski definition) is 9. The van der Waals surface area contributed by atoms with E-state index in [1.54, 1.807) is 12.1 Å². The summed E-state index contributed by atoms with van der Waals surface area (Å²) in [5.41, 5.74) is 5.33. The molecular formula is C40H51N9O4. The molecule has 4 aromatic rings. The zero-order chi connectivity index (χ0) is 37.2. The van der Waals surface area contributed by atoms with Crippen LogP contribution in [0.4, 0.5) is 10.5 Å². The molecule has 53 heavy (non-hydrogen) atoms. The SMILES string of the molecule is CC(C)(C)OC(=O)NCC1CCC(C(=O)N[C@@H](Cc2ccc(-c3ccccc3CN3CCNCC3)cc2)C(=O)Nc2ccc(-c3nn[nH]n3)cc2)CC1. The number of H-pyrrole nitrogens is 1. The molecule has 1 aromatic heterocycles. The van der Waals surface area contributed by atoms with Crippen molar-refractivity contribution in [1.82, 2.24) is 41.5 Å². The molecular weight excluding hydrogens is 670 g/mol. The summed E-state index contributed by atoms with van der Waals surface area (Å²) >= 11 is 0. The highest BCUT2D eigenvalue weighted by Crippen LogP contribution is 2.30. The average Bonchev–Trinajstić information content (AvgIpc) is 3.70. The first-order chi connectivity index (χ1) is 25.6. The van der Waals surface area contributed by atoms with Gasteiger partial charge in [-0.1, -0.05) is 48.5 Å². The number of nitrogens with one attached hydrogen (secondary N) is 5. The lowest BCUT2D eigenvalue weighted by Gasteiger charge is -2.29. The molecule has 3 aromatic carbocycles. The minimum Gasteiger partial charge on any atom is -0.444 e. The van der Waals surface area contributed by atoms with Crippen LogP contribution in [0.1, 0.15) is 57.6 Å². The van der Waals surface area contributed by atoms with Crippen LogP contribution in [0, 0.1) is 11.8 Å². The molecule has 280 valence electrons. The van der Waals surface area contributed by atoms with Crippen LogP contribution in [0.15, 0.2) is 72.8 Å². The maximum absolute atomic E-state index is 13.8. The Hall–Kier alpha value is -5.14. The maximum atomic E-state index is 13.8. The zero-order valence-electron chi connectivity index (χ0n) is 30.9. The van der Waals surface area contributed by atoms with Gasteiger partial charge in [0.1, 0.15) is 11.6 Å². The topological polar surface area (TPSA) is 166 Å². The number of ether oxygens (including phenoxy) is 1. The highest BCUT2D eigenvalue weighted by Gasteiger charge is 2.30. The van der Waals surface area contributed by atoms with E-state index in [9.17, 15) is 14.4 Å². The first-order valence-corrected chi connectivity index (χ1v) is 18.6. The fourth-order valence-electron chi connectivity index (χ4n) is 6.99. The van der Waals surface area contributed by atoms with Crippen molar-refractivity contribution in [3.63, 3.8) is 0 Å². The van der Waals surface area contributed by atoms with Crippen LogP contribution in [0.3, 0.4) is 0 Å². The van der Waals surface area contributed by atoms with Crippen LogP contribution in [0.2, 0.25) is 0 Å². The van der Waals surface area contributed by atoms with Crippen molar-refractivity contribution >= 4 is 23.6 Å². The first-order valence-electron chi connectivity index (χ1n) is 18.6. The minimum absolute atomic E-state index is 0.130. The van der Waals surface area contributed by atoms with Gasteiger partial charge in [-0.3, -0.25) is 14.5 Å². The first kappa shape index (κ1) is 37.6. The second-order valence-corrected chi connectivity index (χ2v) is 15.0. The number of carbonyl (C=O) groups excluding carboxylic acids is 3. The van der Waals surface area contributed by atoms with Crippen LogP contribution in [0.25, 0.3) is 22.5 Å². The predicted octanol–water partition coefficient (Wildman–Crippen LogP) is 4.94. The molecule has 0 unspecified atom stereocenters. The highest BCUT2D eigenvalue weighted by molar-refractivity contribution is 5.97. The smallest absolute Gasteiger partial charge is 0.407 e. The molecule has 2 fully saturated rings. The number of piperazine rings is 1. The van der Waals surface area contributed by atoms with Gasteiger partial charge in [0.2, 0.25) is 17.6 Å². The normalized spacial score (nSPS) is 18.5. The third-order valence-electron chi connectivity index (χ3n) is 9.87. The summed E-state index contributed by atoms with van der Waals surface area (Å²) in [6.45, 7) is 11.0. The van der Waals surface area contributed by atoms with Crippen molar-refractivity contribution in [2.75, 3.05) is 38.0 Å². The van der Waals surface area contributed by atoms with E-state index in [1.165, 1.54) is 11.1 Å². The van der Waals surface area contributed by atoms with Gasteiger partial charge in [0, 0.05) is 62.9 Å². The number of rotatable bonds is 12. The van der Waals surface area contributed by atoms with E-state index in [0.29, 0.717) is 37.3 Å². The molecule has 6 rings (SSSR count). The molecule has 1 aliphatic heterocycles. The van der Waals surface area contributed by atoms with Crippen molar-refractivity contribution in [1.29, 1.82) is 0 Å². The van der Waals surface area contributed by atoms with Gasteiger partial charge in [-0.25, -0.2) is 4.79 Å². The number of aromatic nitrogens is 4.